The van der Waals surface area contributed by atoms with Crippen LogP contribution in [0.2, 0.25) is 0 Å². The SMILES string of the molecule is Brc1cccc(NCCSc2ccccn2)c1. The van der Waals surface area contributed by atoms with Gasteiger partial charge in [0.05, 0.1) is 5.03 Å². The fourth-order valence-corrected chi connectivity index (χ4v) is 2.50. The molecule has 0 aliphatic rings. The van der Waals surface area contributed by atoms with E-state index in [0.717, 1.165) is 27.5 Å². The van der Waals surface area contributed by atoms with Crippen LogP contribution in [-0.4, -0.2) is 17.3 Å². The van der Waals surface area contributed by atoms with Crippen LogP contribution in [0.25, 0.3) is 0 Å². The molecule has 0 saturated carbocycles. The first kappa shape index (κ1) is 12.5. The molecule has 1 N–H and O–H groups in total. The van der Waals surface area contributed by atoms with Gasteiger partial charge in [-0.3, -0.25) is 0 Å². The second-order valence-electron chi connectivity index (χ2n) is 3.45. The second-order valence-corrected chi connectivity index (χ2v) is 5.48. The van der Waals surface area contributed by atoms with Crippen LogP contribution in [0.4, 0.5) is 5.69 Å². The summed E-state index contributed by atoms with van der Waals surface area (Å²) in [7, 11) is 0. The molecule has 0 radical (unpaired) electrons. The molecule has 0 saturated heterocycles. The zero-order valence-corrected chi connectivity index (χ0v) is 11.7. The molecule has 0 amide bonds. The van der Waals surface area contributed by atoms with Crippen molar-refractivity contribution in [1.82, 2.24) is 4.98 Å². The maximum Gasteiger partial charge on any atom is 0.0960 e. The highest BCUT2D eigenvalue weighted by Gasteiger charge is 1.95. The first-order valence-electron chi connectivity index (χ1n) is 5.38. The minimum absolute atomic E-state index is 0.928. The number of nitrogens with one attached hydrogen (secondary N) is 1. The molecule has 0 aliphatic carbocycles. The Bertz CT molecular complexity index is 462. The molecule has 0 bridgehead atoms. The fraction of sp³-hybridized carbons (Fsp3) is 0.154. The van der Waals surface area contributed by atoms with Crippen LogP contribution in [0.1, 0.15) is 0 Å². The Balaban J connectivity index is 1.73. The van der Waals surface area contributed by atoms with Crippen molar-refractivity contribution in [3.8, 4) is 0 Å². The molecule has 1 aromatic carbocycles. The Morgan fingerprint density at radius 3 is 2.88 bits per heavy atom. The molecule has 4 heteroatoms. The zero-order chi connectivity index (χ0) is 11.9. The predicted molar refractivity (Wildman–Crippen MR) is 77.6 cm³/mol. The maximum atomic E-state index is 4.27. The molecule has 1 heterocycles. The molecule has 17 heavy (non-hydrogen) atoms. The van der Waals surface area contributed by atoms with E-state index in [9.17, 15) is 0 Å². The lowest BCUT2D eigenvalue weighted by Gasteiger charge is -2.06. The summed E-state index contributed by atoms with van der Waals surface area (Å²) in [5, 5.41) is 4.45. The Morgan fingerprint density at radius 1 is 1.18 bits per heavy atom. The van der Waals surface area contributed by atoms with E-state index in [0.29, 0.717) is 0 Å². The largest absolute Gasteiger partial charge is 0.384 e. The fourth-order valence-electron chi connectivity index (χ4n) is 1.38. The normalized spacial score (nSPS) is 10.2. The smallest absolute Gasteiger partial charge is 0.0960 e. The first-order chi connectivity index (χ1) is 8.34. The summed E-state index contributed by atoms with van der Waals surface area (Å²) in [5.41, 5.74) is 1.14. The zero-order valence-electron chi connectivity index (χ0n) is 9.27. The number of aromatic nitrogens is 1. The van der Waals surface area contributed by atoms with Crippen LogP contribution in [0.5, 0.6) is 0 Å². The van der Waals surface area contributed by atoms with Crippen molar-refractivity contribution in [3.63, 3.8) is 0 Å². The molecular weight excluding hydrogens is 296 g/mol. The number of benzene rings is 1. The standard InChI is InChI=1S/C13H13BrN2S/c14-11-4-3-5-12(10-11)15-8-9-17-13-6-1-2-7-16-13/h1-7,10,15H,8-9H2. The van der Waals surface area contributed by atoms with E-state index >= 15 is 0 Å². The number of rotatable bonds is 5. The summed E-state index contributed by atoms with van der Waals surface area (Å²) < 4.78 is 1.10. The Kier molecular flexibility index (Phi) is 4.88. The highest BCUT2D eigenvalue weighted by atomic mass is 79.9. The third kappa shape index (κ3) is 4.40. The molecule has 88 valence electrons. The van der Waals surface area contributed by atoms with Gasteiger partial charge in [0.1, 0.15) is 0 Å². The number of thioether (sulfide) groups is 1. The molecular formula is C13H13BrN2S. The van der Waals surface area contributed by atoms with Crippen molar-refractivity contribution in [2.45, 2.75) is 5.03 Å². The lowest BCUT2D eigenvalue weighted by molar-refractivity contribution is 1.12. The minimum atomic E-state index is 0.928. The van der Waals surface area contributed by atoms with Crippen molar-refractivity contribution in [1.29, 1.82) is 0 Å². The summed E-state index contributed by atoms with van der Waals surface area (Å²) in [5.74, 6) is 1.00. The van der Waals surface area contributed by atoms with Gasteiger partial charge in [-0.1, -0.05) is 28.1 Å². The van der Waals surface area contributed by atoms with E-state index in [1.54, 1.807) is 11.8 Å². The third-order valence-corrected chi connectivity index (χ3v) is 3.58. The summed E-state index contributed by atoms with van der Waals surface area (Å²) in [6.45, 7) is 0.928. The average Bonchev–Trinajstić information content (AvgIpc) is 2.36. The van der Waals surface area contributed by atoms with Gasteiger partial charge < -0.3 is 5.32 Å². The van der Waals surface area contributed by atoms with Crippen molar-refractivity contribution in [2.24, 2.45) is 0 Å². The van der Waals surface area contributed by atoms with Gasteiger partial charge in [0, 0.05) is 28.7 Å². The van der Waals surface area contributed by atoms with Crippen LogP contribution in [0.15, 0.2) is 58.2 Å². The lowest BCUT2D eigenvalue weighted by Crippen LogP contribution is -2.03. The van der Waals surface area contributed by atoms with Gasteiger partial charge in [0.15, 0.2) is 0 Å². The molecule has 1 aromatic heterocycles. The van der Waals surface area contributed by atoms with Gasteiger partial charge in [0.25, 0.3) is 0 Å². The number of anilines is 1. The molecule has 0 fully saturated rings. The topological polar surface area (TPSA) is 24.9 Å². The predicted octanol–water partition coefficient (Wildman–Crippen LogP) is 4.05. The highest BCUT2D eigenvalue weighted by Crippen LogP contribution is 2.17. The van der Waals surface area contributed by atoms with Crippen molar-refractivity contribution < 1.29 is 0 Å². The van der Waals surface area contributed by atoms with Gasteiger partial charge in [-0.15, -0.1) is 11.8 Å². The van der Waals surface area contributed by atoms with E-state index in [1.807, 2.05) is 36.5 Å². The van der Waals surface area contributed by atoms with E-state index in [2.05, 4.69) is 38.4 Å². The van der Waals surface area contributed by atoms with Crippen molar-refractivity contribution in [3.05, 3.63) is 53.1 Å². The van der Waals surface area contributed by atoms with Crippen LogP contribution in [0.3, 0.4) is 0 Å². The van der Waals surface area contributed by atoms with Crippen molar-refractivity contribution >= 4 is 33.4 Å². The maximum absolute atomic E-state index is 4.27. The van der Waals surface area contributed by atoms with Gasteiger partial charge in [-0.05, 0) is 30.3 Å². The Hall–Kier alpha value is -1.00. The minimum Gasteiger partial charge on any atom is -0.384 e. The van der Waals surface area contributed by atoms with Crippen LogP contribution < -0.4 is 5.32 Å². The summed E-state index contributed by atoms with van der Waals surface area (Å²) in [4.78, 5) is 4.27. The van der Waals surface area contributed by atoms with Gasteiger partial charge in [0.2, 0.25) is 0 Å². The van der Waals surface area contributed by atoms with E-state index in [4.69, 9.17) is 0 Å². The molecule has 0 spiro atoms. The van der Waals surface area contributed by atoms with Crippen LogP contribution in [0, 0.1) is 0 Å². The molecule has 0 atom stereocenters. The lowest BCUT2D eigenvalue weighted by atomic mass is 10.3. The first-order valence-corrected chi connectivity index (χ1v) is 7.16. The summed E-state index contributed by atoms with van der Waals surface area (Å²) in [6, 6.07) is 14.2. The highest BCUT2D eigenvalue weighted by molar-refractivity contribution is 9.10. The van der Waals surface area contributed by atoms with Crippen LogP contribution >= 0.6 is 27.7 Å². The Morgan fingerprint density at radius 2 is 2.12 bits per heavy atom. The van der Waals surface area contributed by atoms with Crippen LogP contribution in [-0.2, 0) is 0 Å². The number of hydrogen-bond donors (Lipinski definition) is 1. The summed E-state index contributed by atoms with van der Waals surface area (Å²) >= 11 is 5.21. The second kappa shape index (κ2) is 6.67. The number of pyridine rings is 1. The van der Waals surface area contributed by atoms with E-state index in [-0.39, 0.29) is 0 Å². The third-order valence-electron chi connectivity index (χ3n) is 2.14. The number of halogens is 1. The molecule has 2 rings (SSSR count). The molecule has 0 aliphatic heterocycles. The quantitative estimate of drug-likeness (QED) is 0.666. The molecule has 2 aromatic rings. The Labute approximate surface area is 114 Å². The number of hydrogen-bond acceptors (Lipinski definition) is 3. The molecule has 0 unspecified atom stereocenters. The van der Waals surface area contributed by atoms with Gasteiger partial charge >= 0.3 is 0 Å². The monoisotopic (exact) mass is 308 g/mol. The number of nitrogens with zero attached hydrogens (tertiary/aromatic N) is 1. The molecule has 2 nitrogen and oxygen atoms in total. The average molecular weight is 309 g/mol. The summed E-state index contributed by atoms with van der Waals surface area (Å²) in [6.07, 6.45) is 1.82. The van der Waals surface area contributed by atoms with E-state index < -0.39 is 0 Å². The van der Waals surface area contributed by atoms with E-state index in [1.165, 1.54) is 0 Å². The van der Waals surface area contributed by atoms with Gasteiger partial charge in [-0.2, -0.15) is 0 Å². The van der Waals surface area contributed by atoms with Gasteiger partial charge in [-0.25, -0.2) is 4.98 Å². The van der Waals surface area contributed by atoms with Crippen molar-refractivity contribution in [2.75, 3.05) is 17.6 Å².